The predicted molar refractivity (Wildman–Crippen MR) is 279 cm³/mol. The van der Waals surface area contributed by atoms with Crippen LogP contribution in [0.5, 0.6) is 0 Å². The smallest absolute Gasteiger partial charge is 0.306 e. The molecule has 0 aromatic carbocycles. The highest BCUT2D eigenvalue weighted by molar-refractivity contribution is 5.71. The molecule has 0 radical (unpaired) electrons. The van der Waals surface area contributed by atoms with Crippen molar-refractivity contribution < 1.29 is 28.6 Å². The van der Waals surface area contributed by atoms with Crippen molar-refractivity contribution in [3.8, 4) is 0 Å². The van der Waals surface area contributed by atoms with E-state index in [9.17, 15) is 14.4 Å². The second-order valence-corrected chi connectivity index (χ2v) is 19.6. The standard InChI is InChI=1S/C59H110O6/c1-4-7-10-13-16-19-22-25-27-28-29-30-32-35-38-41-44-47-50-53-59(62)65-56(54-63-57(60)51-48-45-42-39-36-33-24-21-18-15-12-9-6-3)55-64-58(61)52-49-46-43-40-37-34-31-26-23-20-17-14-11-8-5-2/h21,24,26,31,56H,4-20,22-23,25,27-30,32-55H2,1-3H3/b24-21-,31-26-/t56-/m0/s1. The fourth-order valence-corrected chi connectivity index (χ4v) is 8.55. The van der Waals surface area contributed by atoms with Crippen molar-refractivity contribution in [2.45, 2.75) is 322 Å². The van der Waals surface area contributed by atoms with Crippen LogP contribution in [0.2, 0.25) is 0 Å². The Balaban J connectivity index is 4.32. The molecule has 382 valence electrons. The van der Waals surface area contributed by atoms with E-state index in [4.69, 9.17) is 14.2 Å². The summed E-state index contributed by atoms with van der Waals surface area (Å²) < 4.78 is 16.9. The third kappa shape index (κ3) is 52.7. The van der Waals surface area contributed by atoms with Gasteiger partial charge < -0.3 is 14.2 Å². The van der Waals surface area contributed by atoms with E-state index < -0.39 is 6.10 Å². The van der Waals surface area contributed by atoms with E-state index in [1.54, 1.807) is 0 Å². The van der Waals surface area contributed by atoms with Crippen molar-refractivity contribution in [1.29, 1.82) is 0 Å². The molecule has 0 N–H and O–H groups in total. The number of unbranched alkanes of at least 4 members (excludes halogenated alkanes) is 38. The minimum atomic E-state index is -0.774. The van der Waals surface area contributed by atoms with E-state index in [-0.39, 0.29) is 31.1 Å². The number of allylic oxidation sites excluding steroid dienone is 4. The van der Waals surface area contributed by atoms with Gasteiger partial charge in [0.2, 0.25) is 0 Å². The lowest BCUT2D eigenvalue weighted by Gasteiger charge is -2.18. The molecule has 0 aliphatic rings. The largest absolute Gasteiger partial charge is 0.462 e. The zero-order valence-electron chi connectivity index (χ0n) is 43.8. The van der Waals surface area contributed by atoms with E-state index >= 15 is 0 Å². The molecule has 0 aliphatic heterocycles. The maximum absolute atomic E-state index is 12.9. The minimum Gasteiger partial charge on any atom is -0.462 e. The Bertz CT molecular complexity index is 1050. The average molecular weight is 916 g/mol. The molecule has 65 heavy (non-hydrogen) atoms. The topological polar surface area (TPSA) is 78.9 Å². The van der Waals surface area contributed by atoms with Crippen molar-refractivity contribution in [1.82, 2.24) is 0 Å². The lowest BCUT2D eigenvalue weighted by molar-refractivity contribution is -0.167. The Kier molecular flexibility index (Phi) is 52.7. The maximum Gasteiger partial charge on any atom is 0.306 e. The number of carbonyl (C=O) groups is 3. The van der Waals surface area contributed by atoms with Gasteiger partial charge in [-0.05, 0) is 70.6 Å². The fraction of sp³-hybridized carbons (Fsp3) is 0.881. The summed E-state index contributed by atoms with van der Waals surface area (Å²) in [6, 6.07) is 0. The summed E-state index contributed by atoms with van der Waals surface area (Å²) >= 11 is 0. The van der Waals surface area contributed by atoms with Crippen LogP contribution >= 0.6 is 0 Å². The van der Waals surface area contributed by atoms with Crippen molar-refractivity contribution in [3.05, 3.63) is 24.3 Å². The third-order valence-corrected chi connectivity index (χ3v) is 12.9. The van der Waals surface area contributed by atoms with Crippen LogP contribution in [-0.2, 0) is 28.6 Å². The first-order valence-corrected chi connectivity index (χ1v) is 28.8. The minimum absolute atomic E-state index is 0.0741. The molecule has 6 heteroatoms. The van der Waals surface area contributed by atoms with Gasteiger partial charge in [0.05, 0.1) is 0 Å². The number of esters is 3. The van der Waals surface area contributed by atoms with Gasteiger partial charge >= 0.3 is 17.9 Å². The van der Waals surface area contributed by atoms with Gasteiger partial charge in [-0.25, -0.2) is 0 Å². The van der Waals surface area contributed by atoms with Crippen molar-refractivity contribution >= 4 is 17.9 Å². The molecule has 0 fully saturated rings. The van der Waals surface area contributed by atoms with Crippen molar-refractivity contribution in [2.24, 2.45) is 0 Å². The predicted octanol–water partition coefficient (Wildman–Crippen LogP) is 19.1. The van der Waals surface area contributed by atoms with Crippen LogP contribution in [0, 0.1) is 0 Å². The van der Waals surface area contributed by atoms with E-state index in [0.29, 0.717) is 19.3 Å². The van der Waals surface area contributed by atoms with E-state index in [1.807, 2.05) is 0 Å². The lowest BCUT2D eigenvalue weighted by atomic mass is 10.0. The molecule has 6 nitrogen and oxygen atoms in total. The number of carbonyl (C=O) groups excluding carboxylic acids is 3. The van der Waals surface area contributed by atoms with Crippen LogP contribution in [0.3, 0.4) is 0 Å². The summed E-state index contributed by atoms with van der Waals surface area (Å²) in [6.07, 6.45) is 63.1. The van der Waals surface area contributed by atoms with Gasteiger partial charge in [0.1, 0.15) is 13.2 Å². The summed E-state index contributed by atoms with van der Waals surface area (Å²) in [6.45, 7) is 6.65. The Morgan fingerprint density at radius 2 is 0.508 bits per heavy atom. The Morgan fingerprint density at radius 3 is 0.785 bits per heavy atom. The SMILES string of the molecule is CCCCCC/C=C\CCCCCCCC(=O)OC[C@@H](COC(=O)CCCCCCC/C=C\CCCCCCCC)OC(=O)CCCCCCCCCCCCCCCCCCCCC. The van der Waals surface area contributed by atoms with Crippen LogP contribution in [-0.4, -0.2) is 37.2 Å². The quantitative estimate of drug-likeness (QED) is 0.0262. The number of ether oxygens (including phenoxy) is 3. The maximum atomic E-state index is 12.9. The van der Waals surface area contributed by atoms with Gasteiger partial charge in [-0.15, -0.1) is 0 Å². The molecule has 0 unspecified atom stereocenters. The fourth-order valence-electron chi connectivity index (χ4n) is 8.55. The van der Waals surface area contributed by atoms with Gasteiger partial charge in [-0.3, -0.25) is 14.4 Å². The van der Waals surface area contributed by atoms with Gasteiger partial charge in [0.25, 0.3) is 0 Å². The molecule has 1 atom stereocenters. The number of hydrogen-bond donors (Lipinski definition) is 0. The second kappa shape index (κ2) is 54.5. The molecule has 0 aliphatic carbocycles. The summed E-state index contributed by atoms with van der Waals surface area (Å²) in [5.41, 5.74) is 0. The zero-order valence-corrected chi connectivity index (χ0v) is 43.8. The van der Waals surface area contributed by atoms with Crippen LogP contribution in [0.25, 0.3) is 0 Å². The second-order valence-electron chi connectivity index (χ2n) is 19.6. The number of rotatable bonds is 53. The Morgan fingerprint density at radius 1 is 0.292 bits per heavy atom. The van der Waals surface area contributed by atoms with Gasteiger partial charge in [-0.1, -0.05) is 251 Å². The molecule has 0 heterocycles. The van der Waals surface area contributed by atoms with E-state index in [0.717, 1.165) is 70.6 Å². The van der Waals surface area contributed by atoms with E-state index in [1.165, 1.54) is 205 Å². The first-order chi connectivity index (χ1) is 32.0. The number of hydrogen-bond acceptors (Lipinski definition) is 6. The first kappa shape index (κ1) is 62.9. The van der Waals surface area contributed by atoms with E-state index in [2.05, 4.69) is 45.1 Å². The normalized spacial score (nSPS) is 12.1. The molecule has 0 saturated carbocycles. The van der Waals surface area contributed by atoms with Crippen LogP contribution in [0.4, 0.5) is 0 Å². The Labute approximate surface area is 404 Å². The van der Waals surface area contributed by atoms with Crippen LogP contribution < -0.4 is 0 Å². The summed E-state index contributed by atoms with van der Waals surface area (Å²) in [5.74, 6) is -0.871. The van der Waals surface area contributed by atoms with Crippen LogP contribution in [0.1, 0.15) is 316 Å². The zero-order chi connectivity index (χ0) is 47.2. The molecular formula is C59H110O6. The summed E-state index contributed by atoms with van der Waals surface area (Å²) in [4.78, 5) is 38.1. The summed E-state index contributed by atoms with van der Waals surface area (Å²) in [5, 5.41) is 0. The molecule has 0 saturated heterocycles. The molecule has 0 aromatic heterocycles. The highest BCUT2D eigenvalue weighted by Gasteiger charge is 2.19. The summed E-state index contributed by atoms with van der Waals surface area (Å²) in [7, 11) is 0. The molecule has 0 amide bonds. The third-order valence-electron chi connectivity index (χ3n) is 12.9. The average Bonchev–Trinajstić information content (AvgIpc) is 3.30. The highest BCUT2D eigenvalue weighted by Crippen LogP contribution is 2.17. The molecular weight excluding hydrogens is 805 g/mol. The first-order valence-electron chi connectivity index (χ1n) is 28.8. The van der Waals surface area contributed by atoms with Crippen molar-refractivity contribution in [3.63, 3.8) is 0 Å². The monoisotopic (exact) mass is 915 g/mol. The Hall–Kier alpha value is -2.11. The molecule has 0 rings (SSSR count). The van der Waals surface area contributed by atoms with Crippen molar-refractivity contribution in [2.75, 3.05) is 13.2 Å². The van der Waals surface area contributed by atoms with Crippen LogP contribution in [0.15, 0.2) is 24.3 Å². The van der Waals surface area contributed by atoms with Gasteiger partial charge in [0.15, 0.2) is 6.10 Å². The lowest BCUT2D eigenvalue weighted by Crippen LogP contribution is -2.30. The van der Waals surface area contributed by atoms with Gasteiger partial charge in [-0.2, -0.15) is 0 Å². The molecule has 0 spiro atoms. The molecule has 0 bridgehead atoms. The van der Waals surface area contributed by atoms with Gasteiger partial charge in [0, 0.05) is 19.3 Å². The molecule has 0 aromatic rings. The highest BCUT2D eigenvalue weighted by atomic mass is 16.6.